The van der Waals surface area contributed by atoms with Crippen LogP contribution in [0.5, 0.6) is 0 Å². The minimum absolute atomic E-state index is 0.316. The Morgan fingerprint density at radius 2 is 1.86 bits per heavy atom. The molecule has 3 aromatic rings. The highest BCUT2D eigenvalue weighted by atomic mass is 32.1. The first-order valence-corrected chi connectivity index (χ1v) is 7.40. The number of aromatic nitrogens is 1. The summed E-state index contributed by atoms with van der Waals surface area (Å²) in [7, 11) is 0. The van der Waals surface area contributed by atoms with Crippen LogP contribution in [0.3, 0.4) is 0 Å². The van der Waals surface area contributed by atoms with Gasteiger partial charge in [-0.3, -0.25) is 10.1 Å². The standard InChI is InChI=1S/C16H12F2N2OS/c1-8-6-9(2)14-12(7-8)19-16(22-14)20-15(21)13-10(17)4-3-5-11(13)18/h3-7H,1-2H3,(H,19,20,21). The Kier molecular flexibility index (Phi) is 3.62. The summed E-state index contributed by atoms with van der Waals surface area (Å²) in [6.07, 6.45) is 0. The van der Waals surface area contributed by atoms with Crippen LogP contribution in [0.1, 0.15) is 21.5 Å². The molecule has 0 unspecified atom stereocenters. The third-order valence-corrected chi connectivity index (χ3v) is 4.35. The van der Waals surface area contributed by atoms with Gasteiger partial charge in [-0.1, -0.05) is 23.5 Å². The number of hydrogen-bond acceptors (Lipinski definition) is 3. The lowest BCUT2D eigenvalue weighted by atomic mass is 10.1. The van der Waals surface area contributed by atoms with Crippen molar-refractivity contribution < 1.29 is 13.6 Å². The van der Waals surface area contributed by atoms with Gasteiger partial charge < -0.3 is 0 Å². The van der Waals surface area contributed by atoms with Gasteiger partial charge in [0.05, 0.1) is 10.2 Å². The average Bonchev–Trinajstić information content (AvgIpc) is 2.81. The van der Waals surface area contributed by atoms with Gasteiger partial charge in [-0.05, 0) is 43.2 Å². The summed E-state index contributed by atoms with van der Waals surface area (Å²) < 4.78 is 28.2. The number of nitrogens with zero attached hydrogens (tertiary/aromatic N) is 1. The normalized spacial score (nSPS) is 10.9. The van der Waals surface area contributed by atoms with E-state index in [1.165, 1.54) is 17.4 Å². The van der Waals surface area contributed by atoms with E-state index >= 15 is 0 Å². The van der Waals surface area contributed by atoms with Gasteiger partial charge in [-0.25, -0.2) is 13.8 Å². The van der Waals surface area contributed by atoms with Crippen LogP contribution in [0.2, 0.25) is 0 Å². The number of nitrogens with one attached hydrogen (secondary N) is 1. The molecule has 0 aliphatic rings. The third-order valence-electron chi connectivity index (χ3n) is 3.23. The van der Waals surface area contributed by atoms with Crippen molar-refractivity contribution in [2.45, 2.75) is 13.8 Å². The summed E-state index contributed by atoms with van der Waals surface area (Å²) in [5, 5.41) is 2.78. The van der Waals surface area contributed by atoms with Crippen molar-refractivity contribution in [3.05, 3.63) is 58.7 Å². The molecule has 3 nitrogen and oxygen atoms in total. The Balaban J connectivity index is 1.96. The van der Waals surface area contributed by atoms with E-state index in [0.717, 1.165) is 33.5 Å². The molecule has 0 aliphatic heterocycles. The summed E-state index contributed by atoms with van der Waals surface area (Å²) >= 11 is 1.28. The van der Waals surface area contributed by atoms with E-state index in [9.17, 15) is 13.6 Å². The van der Waals surface area contributed by atoms with Crippen LogP contribution in [0.25, 0.3) is 10.2 Å². The fourth-order valence-corrected chi connectivity index (χ4v) is 3.21. The maximum atomic E-state index is 13.6. The second kappa shape index (κ2) is 5.46. The number of amides is 1. The zero-order valence-corrected chi connectivity index (χ0v) is 12.7. The van der Waals surface area contributed by atoms with Gasteiger partial charge in [0.15, 0.2) is 5.13 Å². The molecule has 6 heteroatoms. The molecule has 22 heavy (non-hydrogen) atoms. The molecule has 2 aromatic carbocycles. The number of hydrogen-bond donors (Lipinski definition) is 1. The molecule has 0 radical (unpaired) electrons. The molecule has 0 aliphatic carbocycles. The Morgan fingerprint density at radius 1 is 1.18 bits per heavy atom. The van der Waals surface area contributed by atoms with Crippen LogP contribution in [0.15, 0.2) is 30.3 Å². The summed E-state index contributed by atoms with van der Waals surface area (Å²) in [4.78, 5) is 16.4. The molecule has 3 rings (SSSR count). The number of thiazole rings is 1. The largest absolute Gasteiger partial charge is 0.298 e. The first-order chi connectivity index (χ1) is 10.5. The van der Waals surface area contributed by atoms with Crippen LogP contribution in [0.4, 0.5) is 13.9 Å². The summed E-state index contributed by atoms with van der Waals surface area (Å²) in [6, 6.07) is 7.22. The quantitative estimate of drug-likeness (QED) is 0.759. The van der Waals surface area contributed by atoms with Crippen LogP contribution in [-0.2, 0) is 0 Å². The van der Waals surface area contributed by atoms with Crippen LogP contribution in [-0.4, -0.2) is 10.9 Å². The van der Waals surface area contributed by atoms with E-state index in [2.05, 4.69) is 10.3 Å². The third kappa shape index (κ3) is 2.57. The predicted octanol–water partition coefficient (Wildman–Crippen LogP) is 4.44. The molecular weight excluding hydrogens is 306 g/mol. The molecule has 0 saturated heterocycles. The number of anilines is 1. The van der Waals surface area contributed by atoms with Gasteiger partial charge in [0.25, 0.3) is 5.91 Å². The van der Waals surface area contributed by atoms with E-state index in [-0.39, 0.29) is 0 Å². The molecule has 0 spiro atoms. The number of halogens is 2. The van der Waals surface area contributed by atoms with Crippen molar-refractivity contribution in [2.75, 3.05) is 5.32 Å². The number of rotatable bonds is 2. The van der Waals surface area contributed by atoms with Gasteiger partial charge >= 0.3 is 0 Å². The second-order valence-corrected chi connectivity index (χ2v) is 6.00. The zero-order valence-electron chi connectivity index (χ0n) is 11.9. The molecule has 1 aromatic heterocycles. The van der Waals surface area contributed by atoms with E-state index in [1.54, 1.807) is 0 Å². The van der Waals surface area contributed by atoms with Crippen molar-refractivity contribution in [3.63, 3.8) is 0 Å². The van der Waals surface area contributed by atoms with Crippen molar-refractivity contribution in [1.29, 1.82) is 0 Å². The maximum absolute atomic E-state index is 13.6. The molecule has 0 atom stereocenters. The fourth-order valence-electron chi connectivity index (χ4n) is 2.30. The summed E-state index contributed by atoms with van der Waals surface area (Å²) in [5.74, 6) is -2.64. The molecular formula is C16H12F2N2OS. The van der Waals surface area contributed by atoms with E-state index in [0.29, 0.717) is 5.13 Å². The van der Waals surface area contributed by atoms with Gasteiger partial charge in [0, 0.05) is 0 Å². The summed E-state index contributed by atoms with van der Waals surface area (Å²) in [5.41, 5.74) is 2.26. The van der Waals surface area contributed by atoms with Crippen molar-refractivity contribution >= 4 is 32.6 Å². The van der Waals surface area contributed by atoms with Crippen molar-refractivity contribution in [1.82, 2.24) is 4.98 Å². The smallest absolute Gasteiger partial charge is 0.263 e. The molecule has 1 amide bonds. The van der Waals surface area contributed by atoms with E-state index in [4.69, 9.17) is 0 Å². The molecule has 0 bridgehead atoms. The van der Waals surface area contributed by atoms with Crippen LogP contribution in [0, 0.1) is 25.5 Å². The lowest BCUT2D eigenvalue weighted by Gasteiger charge is -2.03. The van der Waals surface area contributed by atoms with Crippen molar-refractivity contribution in [3.8, 4) is 0 Å². The van der Waals surface area contributed by atoms with Gasteiger partial charge in [-0.2, -0.15) is 0 Å². The molecule has 1 N–H and O–H groups in total. The highest BCUT2D eigenvalue weighted by Crippen LogP contribution is 2.30. The number of aryl methyl sites for hydroxylation is 2. The lowest BCUT2D eigenvalue weighted by molar-refractivity contribution is 0.101. The molecule has 112 valence electrons. The Morgan fingerprint density at radius 3 is 2.55 bits per heavy atom. The SMILES string of the molecule is Cc1cc(C)c2sc(NC(=O)c3c(F)cccc3F)nc2c1. The summed E-state index contributed by atoms with van der Waals surface area (Å²) in [6.45, 7) is 3.91. The molecule has 0 fully saturated rings. The van der Waals surface area contributed by atoms with Gasteiger partial charge in [-0.15, -0.1) is 0 Å². The van der Waals surface area contributed by atoms with Crippen molar-refractivity contribution in [2.24, 2.45) is 0 Å². The highest BCUT2D eigenvalue weighted by Gasteiger charge is 2.18. The number of carbonyl (C=O) groups is 1. The molecule has 1 heterocycles. The minimum atomic E-state index is -0.898. The van der Waals surface area contributed by atoms with Gasteiger partial charge in [0.2, 0.25) is 0 Å². The Hall–Kier alpha value is -2.34. The number of fused-ring (bicyclic) bond motifs is 1. The fraction of sp³-hybridized carbons (Fsp3) is 0.125. The van der Waals surface area contributed by atoms with E-state index in [1.807, 2.05) is 26.0 Å². The first kappa shape index (κ1) is 14.6. The van der Waals surface area contributed by atoms with Crippen LogP contribution < -0.4 is 5.32 Å². The maximum Gasteiger partial charge on any atom is 0.263 e. The Labute approximate surface area is 129 Å². The molecule has 0 saturated carbocycles. The van der Waals surface area contributed by atoms with E-state index < -0.39 is 23.1 Å². The predicted molar refractivity (Wildman–Crippen MR) is 83.4 cm³/mol. The highest BCUT2D eigenvalue weighted by molar-refractivity contribution is 7.22. The monoisotopic (exact) mass is 318 g/mol. The average molecular weight is 318 g/mol. The van der Waals surface area contributed by atoms with Crippen LogP contribution >= 0.6 is 11.3 Å². The first-order valence-electron chi connectivity index (χ1n) is 6.59. The lowest BCUT2D eigenvalue weighted by Crippen LogP contribution is -2.15. The topological polar surface area (TPSA) is 42.0 Å². The minimum Gasteiger partial charge on any atom is -0.298 e. The number of benzene rings is 2. The van der Waals surface area contributed by atoms with Gasteiger partial charge in [0.1, 0.15) is 17.2 Å². The zero-order chi connectivity index (χ0) is 15.9. The number of carbonyl (C=O) groups excluding carboxylic acids is 1. The second-order valence-electron chi connectivity index (χ2n) is 5.00. The Bertz CT molecular complexity index is 869.